The molecule has 2 N–H and O–H groups in total. The lowest BCUT2D eigenvalue weighted by Crippen LogP contribution is -2.54. The number of hydrogen-bond donors (Lipinski definition) is 2. The normalized spacial score (nSPS) is 15.1. The van der Waals surface area contributed by atoms with Crippen LogP contribution in [0.2, 0.25) is 0 Å². The fourth-order valence-electron chi connectivity index (χ4n) is 3.99. The Hall–Kier alpha value is -2.80. The van der Waals surface area contributed by atoms with E-state index in [2.05, 4.69) is 15.1 Å². The molecule has 1 aromatic carbocycles. The standard InChI is InChI=1S/C22H29N5O6S/c1-4-6-17-19-20(26(3)25-17)22(29)24-21(23-19)16-11-15(7-8-18(16)32-5-2)34(30,31)27-12-14(13-27)33-10-9-28/h7-8,11,14,28H,4-6,9-10,12-13H2,1-3H3,(H,23,24,29). The van der Waals surface area contributed by atoms with Gasteiger partial charge < -0.3 is 19.6 Å². The minimum Gasteiger partial charge on any atom is -0.493 e. The number of nitrogens with zero attached hydrogens (tertiary/aromatic N) is 4. The minimum atomic E-state index is -3.79. The zero-order valence-corrected chi connectivity index (χ0v) is 20.3. The number of nitrogens with one attached hydrogen (secondary N) is 1. The van der Waals surface area contributed by atoms with Crippen molar-refractivity contribution in [3.63, 3.8) is 0 Å². The second-order valence-corrected chi connectivity index (χ2v) is 10.00. The molecule has 0 unspecified atom stereocenters. The average molecular weight is 492 g/mol. The molecule has 0 amide bonds. The summed E-state index contributed by atoms with van der Waals surface area (Å²) in [6.45, 7) is 4.67. The highest BCUT2D eigenvalue weighted by atomic mass is 32.2. The molecule has 1 aliphatic rings. The van der Waals surface area contributed by atoms with Gasteiger partial charge in [0.15, 0.2) is 5.52 Å². The molecule has 4 rings (SSSR count). The summed E-state index contributed by atoms with van der Waals surface area (Å²) in [7, 11) is -2.09. The van der Waals surface area contributed by atoms with E-state index in [1.54, 1.807) is 13.1 Å². The van der Waals surface area contributed by atoms with Gasteiger partial charge >= 0.3 is 0 Å². The van der Waals surface area contributed by atoms with Crippen LogP contribution in [0.4, 0.5) is 0 Å². The Morgan fingerprint density at radius 3 is 2.71 bits per heavy atom. The van der Waals surface area contributed by atoms with Crippen LogP contribution in [-0.2, 0) is 28.2 Å². The van der Waals surface area contributed by atoms with Gasteiger partial charge in [0.25, 0.3) is 5.56 Å². The van der Waals surface area contributed by atoms with Crippen molar-refractivity contribution in [3.8, 4) is 17.1 Å². The molecular weight excluding hydrogens is 462 g/mol. The number of fused-ring (bicyclic) bond motifs is 1. The lowest BCUT2D eigenvalue weighted by molar-refractivity contribution is -0.0325. The molecule has 1 aliphatic heterocycles. The molecule has 0 spiro atoms. The lowest BCUT2D eigenvalue weighted by Gasteiger charge is -2.37. The Morgan fingerprint density at radius 1 is 1.26 bits per heavy atom. The minimum absolute atomic E-state index is 0.0641. The highest BCUT2D eigenvalue weighted by molar-refractivity contribution is 7.89. The number of aliphatic hydroxyl groups excluding tert-OH is 1. The van der Waals surface area contributed by atoms with Gasteiger partial charge in [-0.05, 0) is 31.5 Å². The molecule has 12 heteroatoms. The molecule has 2 aromatic heterocycles. The van der Waals surface area contributed by atoms with Crippen LogP contribution >= 0.6 is 0 Å². The molecule has 0 bridgehead atoms. The monoisotopic (exact) mass is 491 g/mol. The maximum absolute atomic E-state index is 13.2. The second kappa shape index (κ2) is 9.82. The van der Waals surface area contributed by atoms with Crippen molar-refractivity contribution in [2.45, 2.75) is 37.7 Å². The van der Waals surface area contributed by atoms with Crippen LogP contribution in [-0.4, -0.2) is 76.6 Å². The summed E-state index contributed by atoms with van der Waals surface area (Å²) in [6, 6.07) is 4.53. The molecule has 0 aliphatic carbocycles. The van der Waals surface area contributed by atoms with E-state index < -0.39 is 10.0 Å². The molecule has 184 valence electrons. The van der Waals surface area contributed by atoms with Crippen LogP contribution in [0.1, 0.15) is 26.0 Å². The van der Waals surface area contributed by atoms with Crippen LogP contribution in [0.5, 0.6) is 5.75 Å². The number of aromatic nitrogens is 4. The summed E-state index contributed by atoms with van der Waals surface area (Å²) >= 11 is 0. The number of ether oxygens (including phenoxy) is 2. The Balaban J connectivity index is 1.76. The van der Waals surface area contributed by atoms with Gasteiger partial charge in [0.1, 0.15) is 17.1 Å². The Kier molecular flexibility index (Phi) is 7.03. The van der Waals surface area contributed by atoms with Gasteiger partial charge in [-0.3, -0.25) is 9.48 Å². The Bertz CT molecular complexity index is 1340. The number of aryl methyl sites for hydroxylation is 2. The molecule has 0 radical (unpaired) electrons. The average Bonchev–Trinajstić information content (AvgIpc) is 3.09. The van der Waals surface area contributed by atoms with Crippen LogP contribution in [0.3, 0.4) is 0 Å². The lowest BCUT2D eigenvalue weighted by atomic mass is 10.1. The summed E-state index contributed by atoms with van der Waals surface area (Å²) in [5.74, 6) is 0.633. The zero-order chi connectivity index (χ0) is 24.5. The fraction of sp³-hybridized carbons (Fsp3) is 0.500. The first-order valence-corrected chi connectivity index (χ1v) is 12.7. The van der Waals surface area contributed by atoms with Crippen molar-refractivity contribution in [2.24, 2.45) is 7.05 Å². The maximum atomic E-state index is 13.2. The van der Waals surface area contributed by atoms with Crippen molar-refractivity contribution in [3.05, 3.63) is 34.2 Å². The topological polar surface area (TPSA) is 140 Å². The van der Waals surface area contributed by atoms with E-state index in [1.165, 1.54) is 21.1 Å². The summed E-state index contributed by atoms with van der Waals surface area (Å²) < 4.78 is 40.3. The maximum Gasteiger partial charge on any atom is 0.277 e. The molecular formula is C22H29N5O6S. The largest absolute Gasteiger partial charge is 0.493 e. The molecule has 1 fully saturated rings. The third-order valence-electron chi connectivity index (χ3n) is 5.65. The molecule has 1 saturated heterocycles. The van der Waals surface area contributed by atoms with Crippen molar-refractivity contribution in [2.75, 3.05) is 32.9 Å². The van der Waals surface area contributed by atoms with Gasteiger partial charge in [-0.15, -0.1) is 0 Å². The first kappa shape index (κ1) is 24.3. The molecule has 0 atom stereocenters. The summed E-state index contributed by atoms with van der Waals surface area (Å²) in [4.78, 5) is 20.4. The van der Waals surface area contributed by atoms with Crippen LogP contribution in [0.15, 0.2) is 27.9 Å². The van der Waals surface area contributed by atoms with Gasteiger partial charge in [0, 0.05) is 20.1 Å². The van der Waals surface area contributed by atoms with Gasteiger partial charge in [0.05, 0.1) is 42.1 Å². The van der Waals surface area contributed by atoms with Crippen LogP contribution < -0.4 is 10.3 Å². The van der Waals surface area contributed by atoms with Crippen molar-refractivity contribution < 1.29 is 23.0 Å². The molecule has 3 heterocycles. The summed E-state index contributed by atoms with van der Waals surface area (Å²) in [5, 5.41) is 13.3. The van der Waals surface area contributed by atoms with E-state index in [0.717, 1.165) is 6.42 Å². The molecule has 0 saturated carbocycles. The number of aliphatic hydroxyl groups is 1. The number of benzene rings is 1. The van der Waals surface area contributed by atoms with Crippen molar-refractivity contribution in [1.82, 2.24) is 24.1 Å². The van der Waals surface area contributed by atoms with E-state index in [9.17, 15) is 13.2 Å². The van der Waals surface area contributed by atoms with Gasteiger partial charge in [-0.2, -0.15) is 9.40 Å². The second-order valence-electron chi connectivity index (χ2n) is 8.06. The van der Waals surface area contributed by atoms with Crippen molar-refractivity contribution in [1.29, 1.82) is 0 Å². The Morgan fingerprint density at radius 2 is 2.03 bits per heavy atom. The van der Waals surface area contributed by atoms with Gasteiger partial charge in [-0.1, -0.05) is 13.3 Å². The molecule has 3 aromatic rings. The first-order chi connectivity index (χ1) is 16.3. The van der Waals surface area contributed by atoms with Crippen LogP contribution in [0.25, 0.3) is 22.4 Å². The smallest absolute Gasteiger partial charge is 0.277 e. The quantitative estimate of drug-likeness (QED) is 0.429. The zero-order valence-electron chi connectivity index (χ0n) is 19.4. The van der Waals surface area contributed by atoms with Crippen molar-refractivity contribution >= 4 is 21.1 Å². The number of rotatable bonds is 10. The van der Waals surface area contributed by atoms with E-state index in [-0.39, 0.29) is 48.7 Å². The molecule has 34 heavy (non-hydrogen) atoms. The summed E-state index contributed by atoms with van der Waals surface area (Å²) in [6.07, 6.45) is 1.26. The number of H-pyrrole nitrogens is 1. The summed E-state index contributed by atoms with van der Waals surface area (Å²) in [5.41, 5.74) is 1.58. The number of aromatic amines is 1. The third-order valence-corrected chi connectivity index (χ3v) is 7.48. The van der Waals surface area contributed by atoms with Gasteiger partial charge in [0.2, 0.25) is 10.0 Å². The number of hydrogen-bond acceptors (Lipinski definition) is 8. The highest BCUT2D eigenvalue weighted by Gasteiger charge is 2.37. The number of sulfonamides is 1. The first-order valence-electron chi connectivity index (χ1n) is 11.3. The predicted octanol–water partition coefficient (Wildman–Crippen LogP) is 1.06. The van der Waals surface area contributed by atoms with E-state index >= 15 is 0 Å². The van der Waals surface area contributed by atoms with E-state index in [4.69, 9.17) is 14.6 Å². The van der Waals surface area contributed by atoms with E-state index in [1.807, 2.05) is 13.8 Å². The van der Waals surface area contributed by atoms with Crippen LogP contribution in [0, 0.1) is 0 Å². The Labute approximate surface area is 197 Å². The van der Waals surface area contributed by atoms with E-state index in [0.29, 0.717) is 41.1 Å². The van der Waals surface area contributed by atoms with Gasteiger partial charge in [-0.25, -0.2) is 13.4 Å². The molecule has 11 nitrogen and oxygen atoms in total. The third kappa shape index (κ3) is 4.45. The predicted molar refractivity (Wildman–Crippen MR) is 125 cm³/mol. The fourth-order valence-corrected chi connectivity index (χ4v) is 5.52. The SMILES string of the molecule is CCCc1nn(C)c2c(=O)[nH]c(-c3cc(S(=O)(=O)N4CC(OCCO)C4)ccc3OCC)nc12. The highest BCUT2D eigenvalue weighted by Crippen LogP contribution is 2.33.